The molecule has 0 saturated heterocycles. The Bertz CT molecular complexity index is 148. The molecule has 0 N–H and O–H groups in total. The van der Waals surface area contributed by atoms with Crippen molar-refractivity contribution in [1.82, 2.24) is 4.90 Å². The SMILES string of the molecule is CSCCC(C)N(C)CC(C)(C)CS. The number of hydrogen-bond donors (Lipinski definition) is 1. The van der Waals surface area contributed by atoms with Crippen LogP contribution in [0.3, 0.4) is 0 Å². The molecule has 0 heterocycles. The van der Waals surface area contributed by atoms with E-state index in [4.69, 9.17) is 0 Å². The first kappa shape index (κ1) is 14.7. The molecule has 0 spiro atoms. The molecular weight excluding hydrogens is 210 g/mol. The van der Waals surface area contributed by atoms with Crippen molar-refractivity contribution in [2.45, 2.75) is 33.2 Å². The van der Waals surface area contributed by atoms with Crippen molar-refractivity contribution in [1.29, 1.82) is 0 Å². The van der Waals surface area contributed by atoms with Crippen LogP contribution in [0.2, 0.25) is 0 Å². The zero-order valence-electron chi connectivity index (χ0n) is 10.2. The van der Waals surface area contributed by atoms with E-state index in [0.29, 0.717) is 11.5 Å². The lowest BCUT2D eigenvalue weighted by atomic mass is 9.95. The average molecular weight is 235 g/mol. The zero-order valence-corrected chi connectivity index (χ0v) is 11.9. The first-order chi connectivity index (χ1) is 6.43. The predicted molar refractivity (Wildman–Crippen MR) is 72.7 cm³/mol. The van der Waals surface area contributed by atoms with Crippen LogP contribution in [0.25, 0.3) is 0 Å². The summed E-state index contributed by atoms with van der Waals surface area (Å²) in [6.45, 7) is 7.99. The molecule has 0 aromatic heterocycles. The lowest BCUT2D eigenvalue weighted by molar-refractivity contribution is 0.182. The van der Waals surface area contributed by atoms with Crippen LogP contribution < -0.4 is 0 Å². The summed E-state index contributed by atoms with van der Waals surface area (Å²) in [5, 5.41) is 0. The van der Waals surface area contributed by atoms with Gasteiger partial charge in [0, 0.05) is 12.6 Å². The minimum atomic E-state index is 0.325. The Kier molecular flexibility index (Phi) is 7.35. The van der Waals surface area contributed by atoms with Gasteiger partial charge in [-0.05, 0) is 43.6 Å². The molecule has 14 heavy (non-hydrogen) atoms. The second kappa shape index (κ2) is 7.02. The van der Waals surface area contributed by atoms with Gasteiger partial charge in [0.15, 0.2) is 0 Å². The lowest BCUT2D eigenvalue weighted by Gasteiger charge is -2.32. The fourth-order valence-corrected chi connectivity index (χ4v) is 2.07. The van der Waals surface area contributed by atoms with Crippen LogP contribution in [0.15, 0.2) is 0 Å². The molecule has 0 aromatic rings. The molecule has 0 radical (unpaired) electrons. The third kappa shape index (κ3) is 6.20. The van der Waals surface area contributed by atoms with Gasteiger partial charge in [0.25, 0.3) is 0 Å². The van der Waals surface area contributed by atoms with Crippen LogP contribution in [-0.4, -0.2) is 42.3 Å². The summed E-state index contributed by atoms with van der Waals surface area (Å²) in [5.41, 5.74) is 0.325. The second-order valence-corrected chi connectivity index (χ2v) is 6.17. The molecule has 0 bridgehead atoms. The Hall–Kier alpha value is 0.660. The Balaban J connectivity index is 3.87. The first-order valence-electron chi connectivity index (χ1n) is 5.23. The van der Waals surface area contributed by atoms with Gasteiger partial charge in [0.05, 0.1) is 0 Å². The summed E-state index contributed by atoms with van der Waals surface area (Å²) in [5.74, 6) is 2.21. The van der Waals surface area contributed by atoms with Gasteiger partial charge < -0.3 is 4.90 Å². The maximum Gasteiger partial charge on any atom is 0.00719 e. The molecule has 1 unspecified atom stereocenters. The van der Waals surface area contributed by atoms with E-state index in [1.165, 1.54) is 12.2 Å². The largest absolute Gasteiger partial charge is 0.303 e. The van der Waals surface area contributed by atoms with Crippen molar-refractivity contribution in [3.05, 3.63) is 0 Å². The smallest absolute Gasteiger partial charge is 0.00719 e. The van der Waals surface area contributed by atoms with Crippen LogP contribution in [-0.2, 0) is 0 Å². The molecule has 0 aliphatic rings. The molecule has 1 atom stereocenters. The molecule has 0 amide bonds. The highest BCUT2D eigenvalue weighted by Crippen LogP contribution is 2.19. The molecule has 0 saturated carbocycles. The van der Waals surface area contributed by atoms with E-state index in [-0.39, 0.29) is 0 Å². The van der Waals surface area contributed by atoms with E-state index in [0.717, 1.165) is 12.3 Å². The topological polar surface area (TPSA) is 3.24 Å². The predicted octanol–water partition coefficient (Wildman–Crippen LogP) is 3.02. The summed E-state index contributed by atoms with van der Waals surface area (Å²) in [4.78, 5) is 2.45. The van der Waals surface area contributed by atoms with Crippen molar-refractivity contribution in [3.8, 4) is 0 Å². The van der Waals surface area contributed by atoms with Crippen LogP contribution in [0, 0.1) is 5.41 Å². The Morgan fingerprint density at radius 3 is 2.43 bits per heavy atom. The van der Waals surface area contributed by atoms with Gasteiger partial charge in [0.1, 0.15) is 0 Å². The van der Waals surface area contributed by atoms with Crippen molar-refractivity contribution in [2.75, 3.05) is 31.4 Å². The minimum Gasteiger partial charge on any atom is -0.303 e. The van der Waals surface area contributed by atoms with E-state index in [2.05, 4.69) is 51.6 Å². The second-order valence-electron chi connectivity index (χ2n) is 4.87. The minimum absolute atomic E-state index is 0.325. The quantitative estimate of drug-likeness (QED) is 0.676. The number of thiol groups is 1. The van der Waals surface area contributed by atoms with Gasteiger partial charge in [0.2, 0.25) is 0 Å². The van der Waals surface area contributed by atoms with Gasteiger partial charge in [-0.1, -0.05) is 13.8 Å². The standard InChI is InChI=1S/C11H25NS2/c1-10(6-7-14-5)12(4)8-11(2,3)9-13/h10,13H,6-9H2,1-5H3. The van der Waals surface area contributed by atoms with Crippen LogP contribution in [0.1, 0.15) is 27.2 Å². The van der Waals surface area contributed by atoms with Gasteiger partial charge >= 0.3 is 0 Å². The fraction of sp³-hybridized carbons (Fsp3) is 1.00. The van der Waals surface area contributed by atoms with Crippen molar-refractivity contribution >= 4 is 24.4 Å². The third-order valence-electron chi connectivity index (χ3n) is 2.60. The molecule has 0 aromatic carbocycles. The molecule has 0 aliphatic carbocycles. The highest BCUT2D eigenvalue weighted by Gasteiger charge is 2.20. The lowest BCUT2D eigenvalue weighted by Crippen LogP contribution is -2.38. The maximum absolute atomic E-state index is 4.38. The van der Waals surface area contributed by atoms with Crippen molar-refractivity contribution < 1.29 is 0 Å². The molecule has 0 fully saturated rings. The number of nitrogens with zero attached hydrogens (tertiary/aromatic N) is 1. The Morgan fingerprint density at radius 1 is 1.43 bits per heavy atom. The summed E-state index contributed by atoms with van der Waals surface area (Å²) >= 11 is 6.31. The van der Waals surface area contributed by atoms with Crippen molar-refractivity contribution in [2.24, 2.45) is 5.41 Å². The normalized spacial score (nSPS) is 14.8. The van der Waals surface area contributed by atoms with Crippen LogP contribution in [0.5, 0.6) is 0 Å². The average Bonchev–Trinajstić information content (AvgIpc) is 2.13. The Labute approximate surface area is 99.4 Å². The van der Waals surface area contributed by atoms with Gasteiger partial charge in [-0.2, -0.15) is 24.4 Å². The molecule has 0 rings (SSSR count). The summed E-state index contributed by atoms with van der Waals surface area (Å²) in [7, 11) is 2.22. The maximum atomic E-state index is 4.38. The highest BCUT2D eigenvalue weighted by atomic mass is 32.2. The highest BCUT2D eigenvalue weighted by molar-refractivity contribution is 7.98. The van der Waals surface area contributed by atoms with E-state index in [9.17, 15) is 0 Å². The van der Waals surface area contributed by atoms with Crippen LogP contribution in [0.4, 0.5) is 0 Å². The van der Waals surface area contributed by atoms with E-state index in [1.54, 1.807) is 0 Å². The third-order valence-corrected chi connectivity index (χ3v) is 4.10. The molecule has 1 nitrogen and oxygen atoms in total. The molecule has 3 heteroatoms. The monoisotopic (exact) mass is 235 g/mol. The van der Waals surface area contributed by atoms with Crippen molar-refractivity contribution in [3.63, 3.8) is 0 Å². The van der Waals surface area contributed by atoms with Gasteiger partial charge in [-0.25, -0.2) is 0 Å². The first-order valence-corrected chi connectivity index (χ1v) is 7.25. The number of rotatable bonds is 7. The summed E-state index contributed by atoms with van der Waals surface area (Å²) < 4.78 is 0. The van der Waals surface area contributed by atoms with E-state index in [1.807, 2.05) is 11.8 Å². The number of thioether (sulfide) groups is 1. The summed E-state index contributed by atoms with van der Waals surface area (Å²) in [6.07, 6.45) is 3.45. The molecule has 0 aliphatic heterocycles. The van der Waals surface area contributed by atoms with Gasteiger partial charge in [-0.3, -0.25) is 0 Å². The molecular formula is C11H25NS2. The van der Waals surface area contributed by atoms with E-state index >= 15 is 0 Å². The molecule has 86 valence electrons. The fourth-order valence-electron chi connectivity index (χ4n) is 1.39. The van der Waals surface area contributed by atoms with E-state index < -0.39 is 0 Å². The van der Waals surface area contributed by atoms with Crippen LogP contribution >= 0.6 is 24.4 Å². The Morgan fingerprint density at radius 2 is 2.00 bits per heavy atom. The van der Waals surface area contributed by atoms with Gasteiger partial charge in [-0.15, -0.1) is 0 Å². The zero-order chi connectivity index (χ0) is 11.2. The number of hydrogen-bond acceptors (Lipinski definition) is 3. The summed E-state index contributed by atoms with van der Waals surface area (Å²) in [6, 6.07) is 0.682.